The highest BCUT2D eigenvalue weighted by molar-refractivity contribution is 5.02. The number of aliphatic hydroxyl groups excluding tert-OH is 1. The van der Waals surface area contributed by atoms with E-state index in [1.807, 2.05) is 13.8 Å². The number of aryl methyl sites for hydroxylation is 1. The zero-order chi connectivity index (χ0) is 13.4. The fourth-order valence-electron chi connectivity index (χ4n) is 2.34. The van der Waals surface area contributed by atoms with Crippen LogP contribution in [0.2, 0.25) is 0 Å². The molecule has 1 fully saturated rings. The minimum absolute atomic E-state index is 0.0425. The van der Waals surface area contributed by atoms with Gasteiger partial charge in [0.25, 0.3) is 5.56 Å². The summed E-state index contributed by atoms with van der Waals surface area (Å²) in [5.41, 5.74) is -0.555. The third-order valence-electron chi connectivity index (χ3n) is 3.55. The van der Waals surface area contributed by atoms with Gasteiger partial charge in [-0.3, -0.25) is 14.3 Å². The molecule has 4 atom stereocenters. The molecule has 0 aliphatic carbocycles. The minimum Gasteiger partial charge on any atom is -0.388 e. The molecule has 0 bridgehead atoms. The number of hydrogen-bond donors (Lipinski definition) is 2. The van der Waals surface area contributed by atoms with Gasteiger partial charge in [0.1, 0.15) is 6.10 Å². The number of aliphatic hydroxyl groups is 1. The summed E-state index contributed by atoms with van der Waals surface area (Å²) in [5.74, 6) is -0.0425. The molecule has 1 aromatic rings. The molecule has 1 aliphatic heterocycles. The highest BCUT2D eigenvalue weighted by Gasteiger charge is 2.41. The van der Waals surface area contributed by atoms with Crippen molar-refractivity contribution in [1.29, 1.82) is 0 Å². The predicted octanol–water partition coefficient (Wildman–Crippen LogP) is 0.149. The number of H-pyrrole nitrogens is 1. The van der Waals surface area contributed by atoms with E-state index in [1.165, 1.54) is 10.8 Å². The summed E-state index contributed by atoms with van der Waals surface area (Å²) in [5, 5.41) is 10.1. The maximum Gasteiger partial charge on any atom is 0.330 e. The second-order valence-electron chi connectivity index (χ2n) is 4.80. The predicted molar refractivity (Wildman–Crippen MR) is 65.4 cm³/mol. The topological polar surface area (TPSA) is 84.3 Å². The molecule has 0 aromatic carbocycles. The van der Waals surface area contributed by atoms with Crippen LogP contribution in [-0.2, 0) is 4.74 Å². The van der Waals surface area contributed by atoms with Crippen molar-refractivity contribution < 1.29 is 9.84 Å². The van der Waals surface area contributed by atoms with Crippen molar-refractivity contribution in [3.05, 3.63) is 32.6 Å². The highest BCUT2D eigenvalue weighted by atomic mass is 16.5. The summed E-state index contributed by atoms with van der Waals surface area (Å²) in [7, 11) is 0. The number of nitrogens with zero attached hydrogens (tertiary/aromatic N) is 1. The van der Waals surface area contributed by atoms with Crippen LogP contribution >= 0.6 is 0 Å². The zero-order valence-electron chi connectivity index (χ0n) is 10.7. The summed E-state index contributed by atoms with van der Waals surface area (Å²) in [4.78, 5) is 25.3. The Morgan fingerprint density at radius 1 is 1.50 bits per heavy atom. The lowest BCUT2D eigenvalue weighted by atomic mass is 9.99. The Kier molecular flexibility index (Phi) is 3.41. The van der Waals surface area contributed by atoms with E-state index in [9.17, 15) is 14.7 Å². The number of hydrogen-bond acceptors (Lipinski definition) is 4. The average molecular weight is 254 g/mol. The molecule has 1 aliphatic rings. The van der Waals surface area contributed by atoms with E-state index >= 15 is 0 Å². The number of aromatic amines is 1. The second kappa shape index (κ2) is 4.70. The lowest BCUT2D eigenvalue weighted by Crippen LogP contribution is -2.37. The van der Waals surface area contributed by atoms with Gasteiger partial charge in [0.2, 0.25) is 0 Å². The molecule has 18 heavy (non-hydrogen) atoms. The molecule has 0 unspecified atom stereocenters. The standard InChI is InChI=1S/C12H18N2O4/c1-4-8-7(3)9(15)11(18-8)14-5-6(2)10(16)13-12(14)17/h5,7-9,11,15H,4H2,1-3H3,(H,13,16,17)/t7-,8-,9+,11-/m1/s1. The minimum atomic E-state index is -0.752. The third kappa shape index (κ3) is 2.02. The first-order chi connectivity index (χ1) is 8.45. The molecule has 0 spiro atoms. The summed E-state index contributed by atoms with van der Waals surface area (Å²) in [6, 6.07) is 0. The van der Waals surface area contributed by atoms with Crippen LogP contribution in [0.15, 0.2) is 15.8 Å². The molecule has 2 N–H and O–H groups in total. The lowest BCUT2D eigenvalue weighted by Gasteiger charge is -2.17. The Morgan fingerprint density at radius 2 is 2.17 bits per heavy atom. The van der Waals surface area contributed by atoms with Gasteiger partial charge in [0.15, 0.2) is 6.23 Å². The van der Waals surface area contributed by atoms with Crippen molar-refractivity contribution in [2.45, 2.75) is 45.6 Å². The Hall–Kier alpha value is -1.40. The highest BCUT2D eigenvalue weighted by Crippen LogP contribution is 2.34. The zero-order valence-corrected chi connectivity index (χ0v) is 10.7. The van der Waals surface area contributed by atoms with Gasteiger partial charge in [-0.15, -0.1) is 0 Å². The first-order valence-electron chi connectivity index (χ1n) is 6.11. The molecular weight excluding hydrogens is 236 g/mol. The Morgan fingerprint density at radius 3 is 2.72 bits per heavy atom. The van der Waals surface area contributed by atoms with Gasteiger partial charge in [0, 0.05) is 17.7 Å². The molecule has 1 aromatic heterocycles. The molecule has 0 saturated carbocycles. The first-order valence-corrected chi connectivity index (χ1v) is 6.11. The average Bonchev–Trinajstić information content (AvgIpc) is 2.61. The van der Waals surface area contributed by atoms with Gasteiger partial charge in [-0.2, -0.15) is 0 Å². The molecule has 1 saturated heterocycles. The van der Waals surface area contributed by atoms with Crippen LogP contribution in [0.3, 0.4) is 0 Å². The molecule has 0 amide bonds. The molecule has 100 valence electrons. The van der Waals surface area contributed by atoms with Crippen molar-refractivity contribution in [2.75, 3.05) is 0 Å². The van der Waals surface area contributed by atoms with Gasteiger partial charge < -0.3 is 9.84 Å². The quantitative estimate of drug-likeness (QED) is 0.786. The molecular formula is C12H18N2O4. The number of aromatic nitrogens is 2. The van der Waals surface area contributed by atoms with Gasteiger partial charge in [0.05, 0.1) is 6.10 Å². The molecule has 0 radical (unpaired) electrons. The van der Waals surface area contributed by atoms with E-state index in [-0.39, 0.29) is 12.0 Å². The molecule has 6 heteroatoms. The van der Waals surface area contributed by atoms with Crippen LogP contribution in [0.4, 0.5) is 0 Å². The molecule has 6 nitrogen and oxygen atoms in total. The second-order valence-corrected chi connectivity index (χ2v) is 4.80. The van der Waals surface area contributed by atoms with E-state index in [4.69, 9.17) is 4.74 Å². The first kappa shape index (κ1) is 13.0. The van der Waals surface area contributed by atoms with Crippen molar-refractivity contribution in [1.82, 2.24) is 9.55 Å². The van der Waals surface area contributed by atoms with Crippen LogP contribution in [-0.4, -0.2) is 26.9 Å². The molecule has 2 heterocycles. The van der Waals surface area contributed by atoms with Crippen molar-refractivity contribution in [3.63, 3.8) is 0 Å². The van der Waals surface area contributed by atoms with Crippen LogP contribution in [0.1, 0.15) is 32.1 Å². The maximum atomic E-state index is 11.7. The van der Waals surface area contributed by atoms with Crippen LogP contribution in [0.25, 0.3) is 0 Å². The normalized spacial score (nSPS) is 31.8. The SMILES string of the molecule is CC[C@H]1O[C@@H](n2cc(C)c(=O)[nH]c2=O)[C@@H](O)[C@@H]1C. The smallest absolute Gasteiger partial charge is 0.330 e. The summed E-state index contributed by atoms with van der Waals surface area (Å²) >= 11 is 0. The Bertz CT molecular complexity index is 548. The lowest BCUT2D eigenvalue weighted by molar-refractivity contribution is -0.0405. The number of rotatable bonds is 2. The largest absolute Gasteiger partial charge is 0.388 e. The van der Waals surface area contributed by atoms with E-state index in [1.54, 1.807) is 6.92 Å². The fourth-order valence-corrected chi connectivity index (χ4v) is 2.34. The summed E-state index contributed by atoms with van der Waals surface area (Å²) < 4.78 is 6.95. The Balaban J connectivity index is 2.42. The van der Waals surface area contributed by atoms with Crippen LogP contribution < -0.4 is 11.2 Å². The van der Waals surface area contributed by atoms with E-state index in [0.717, 1.165) is 6.42 Å². The van der Waals surface area contributed by atoms with Crippen LogP contribution in [0.5, 0.6) is 0 Å². The van der Waals surface area contributed by atoms with Gasteiger partial charge in [-0.1, -0.05) is 13.8 Å². The molecule has 2 rings (SSSR count). The van der Waals surface area contributed by atoms with Crippen LogP contribution in [0, 0.1) is 12.8 Å². The number of nitrogens with one attached hydrogen (secondary N) is 1. The summed E-state index contributed by atoms with van der Waals surface area (Å²) in [6.45, 7) is 5.47. The Labute approximate surface area is 104 Å². The van der Waals surface area contributed by atoms with Crippen molar-refractivity contribution in [2.24, 2.45) is 5.92 Å². The van der Waals surface area contributed by atoms with E-state index < -0.39 is 23.6 Å². The van der Waals surface area contributed by atoms with Crippen molar-refractivity contribution >= 4 is 0 Å². The summed E-state index contributed by atoms with van der Waals surface area (Å²) in [6.07, 6.45) is 0.640. The monoisotopic (exact) mass is 254 g/mol. The number of ether oxygens (including phenoxy) is 1. The van der Waals surface area contributed by atoms with E-state index in [2.05, 4.69) is 4.98 Å². The van der Waals surface area contributed by atoms with E-state index in [0.29, 0.717) is 5.56 Å². The fraction of sp³-hybridized carbons (Fsp3) is 0.667. The third-order valence-corrected chi connectivity index (χ3v) is 3.55. The van der Waals surface area contributed by atoms with Crippen molar-refractivity contribution in [3.8, 4) is 0 Å². The van der Waals surface area contributed by atoms with Gasteiger partial charge in [-0.05, 0) is 13.3 Å². The van der Waals surface area contributed by atoms with Gasteiger partial charge in [-0.25, -0.2) is 4.79 Å². The van der Waals surface area contributed by atoms with Gasteiger partial charge >= 0.3 is 5.69 Å². The maximum absolute atomic E-state index is 11.7.